The third kappa shape index (κ3) is 5.80. The summed E-state index contributed by atoms with van der Waals surface area (Å²) in [5.74, 6) is 2.05. The van der Waals surface area contributed by atoms with Gasteiger partial charge in [-0.05, 0) is 108 Å². The first-order valence-electron chi connectivity index (χ1n) is 17.7. The number of nitrogens with zero attached hydrogens (tertiary/aromatic N) is 4. The Hall–Kier alpha value is -5.22. The van der Waals surface area contributed by atoms with Crippen LogP contribution >= 0.6 is 0 Å². The molecule has 2 aromatic heterocycles. The summed E-state index contributed by atoms with van der Waals surface area (Å²) in [5, 5.41) is 0. The molecule has 0 unspecified atom stereocenters. The minimum absolute atomic E-state index is 0.197. The first-order chi connectivity index (χ1) is 23.9. The molecule has 0 aliphatic carbocycles. The van der Waals surface area contributed by atoms with E-state index in [4.69, 9.17) is 9.97 Å². The molecule has 0 bridgehead atoms. The van der Waals surface area contributed by atoms with Crippen LogP contribution in [-0.2, 0) is 18.3 Å². The number of aromatic nitrogens is 2. The predicted octanol–water partition coefficient (Wildman–Crippen LogP) is 10.9. The number of hydrogen-bond donors (Lipinski definition) is 0. The van der Waals surface area contributed by atoms with Gasteiger partial charge in [0.1, 0.15) is 11.6 Å². The Kier molecular flexibility index (Phi) is 8.03. The second-order valence-corrected chi connectivity index (χ2v) is 14.3. The molecule has 4 nitrogen and oxygen atoms in total. The molecule has 0 radical (unpaired) electrons. The number of hydrogen-bond acceptors (Lipinski definition) is 4. The molecule has 0 atom stereocenters. The number of anilines is 4. The van der Waals surface area contributed by atoms with E-state index >= 15 is 0 Å². The first-order valence-corrected chi connectivity index (χ1v) is 17.7. The maximum Gasteiger partial charge on any atom is 0.133 e. The van der Waals surface area contributed by atoms with Crippen molar-refractivity contribution >= 4 is 23.0 Å². The first kappa shape index (κ1) is 31.1. The normalized spacial score (nSPS) is 14.4. The van der Waals surface area contributed by atoms with Gasteiger partial charge in [0.2, 0.25) is 0 Å². The smallest absolute Gasteiger partial charge is 0.133 e. The minimum Gasteiger partial charge on any atom is -0.326 e. The Morgan fingerprint density at radius 2 is 0.959 bits per heavy atom. The fourth-order valence-corrected chi connectivity index (χ4v) is 7.79. The van der Waals surface area contributed by atoms with Crippen LogP contribution in [0, 0.1) is 13.8 Å². The fraction of sp³-hybridized carbons (Fsp3) is 0.244. The summed E-state index contributed by atoms with van der Waals surface area (Å²) < 4.78 is 0. The average Bonchev–Trinajstić information content (AvgIpc) is 3.14. The van der Waals surface area contributed by atoms with Gasteiger partial charge < -0.3 is 9.80 Å². The Morgan fingerprint density at radius 3 is 1.37 bits per heavy atom. The van der Waals surface area contributed by atoms with Gasteiger partial charge >= 0.3 is 0 Å². The Labute approximate surface area is 291 Å². The third-order valence-corrected chi connectivity index (χ3v) is 10.8. The van der Waals surface area contributed by atoms with E-state index in [0.29, 0.717) is 0 Å². The zero-order chi connectivity index (χ0) is 33.5. The lowest BCUT2D eigenvalue weighted by Gasteiger charge is -2.35. The Bertz CT molecular complexity index is 1980. The van der Waals surface area contributed by atoms with Crippen molar-refractivity contribution in [2.45, 2.75) is 58.8 Å². The molecule has 0 amide bonds. The summed E-state index contributed by atoms with van der Waals surface area (Å²) in [6.07, 6.45) is 8.53. The number of aryl methyl sites for hydroxylation is 4. The molecule has 0 N–H and O–H groups in total. The van der Waals surface area contributed by atoms with Crippen LogP contribution in [0.3, 0.4) is 0 Å². The van der Waals surface area contributed by atoms with Crippen LogP contribution in [0.5, 0.6) is 0 Å². The lowest BCUT2D eigenvalue weighted by Crippen LogP contribution is -2.28. The van der Waals surface area contributed by atoms with Crippen molar-refractivity contribution < 1.29 is 0 Å². The van der Waals surface area contributed by atoms with Gasteiger partial charge in [-0.1, -0.05) is 98.8 Å². The van der Waals surface area contributed by atoms with E-state index in [9.17, 15) is 0 Å². The van der Waals surface area contributed by atoms with Crippen LogP contribution in [0.15, 0.2) is 122 Å². The minimum atomic E-state index is -0.197. The topological polar surface area (TPSA) is 32.3 Å². The molecule has 0 spiro atoms. The van der Waals surface area contributed by atoms with Gasteiger partial charge in [0.15, 0.2) is 0 Å². The van der Waals surface area contributed by atoms with Crippen LogP contribution in [0.25, 0.3) is 22.3 Å². The van der Waals surface area contributed by atoms with Crippen molar-refractivity contribution in [2.75, 3.05) is 22.9 Å². The fourth-order valence-electron chi connectivity index (χ4n) is 7.79. The zero-order valence-electron chi connectivity index (χ0n) is 29.1. The number of pyridine rings is 2. The van der Waals surface area contributed by atoms with Crippen molar-refractivity contribution in [1.29, 1.82) is 0 Å². The van der Waals surface area contributed by atoms with Crippen molar-refractivity contribution in [3.63, 3.8) is 0 Å². The summed E-state index contributed by atoms with van der Waals surface area (Å²) >= 11 is 0. The molecule has 0 saturated carbocycles. The molecule has 2 aliphatic rings. The number of benzene rings is 4. The summed E-state index contributed by atoms with van der Waals surface area (Å²) in [7, 11) is 0. The maximum absolute atomic E-state index is 5.02. The highest BCUT2D eigenvalue weighted by atomic mass is 15.2. The van der Waals surface area contributed by atoms with Crippen molar-refractivity contribution in [3.05, 3.63) is 155 Å². The van der Waals surface area contributed by atoms with E-state index < -0.39 is 0 Å². The summed E-state index contributed by atoms with van der Waals surface area (Å²) in [5.41, 5.74) is 15.1. The molecular weight excluding hydrogens is 597 g/mol. The van der Waals surface area contributed by atoms with E-state index in [-0.39, 0.29) is 5.41 Å². The highest BCUT2D eigenvalue weighted by molar-refractivity contribution is 5.74. The summed E-state index contributed by atoms with van der Waals surface area (Å²) in [4.78, 5) is 14.9. The second-order valence-electron chi connectivity index (χ2n) is 14.3. The second kappa shape index (κ2) is 12.7. The molecule has 4 heterocycles. The Morgan fingerprint density at radius 1 is 0.531 bits per heavy atom. The van der Waals surface area contributed by atoms with Gasteiger partial charge in [0.05, 0.1) is 0 Å². The largest absolute Gasteiger partial charge is 0.326 e. The molecule has 0 fully saturated rings. The molecular formula is C45H44N4. The number of rotatable bonds is 6. The zero-order valence-corrected chi connectivity index (χ0v) is 29.1. The molecule has 4 aromatic carbocycles. The van der Waals surface area contributed by atoms with Crippen LogP contribution in [-0.4, -0.2) is 23.1 Å². The van der Waals surface area contributed by atoms with Gasteiger partial charge in [0, 0.05) is 53.4 Å². The van der Waals surface area contributed by atoms with Gasteiger partial charge in [-0.3, -0.25) is 0 Å². The van der Waals surface area contributed by atoms with Crippen LogP contribution < -0.4 is 9.80 Å². The van der Waals surface area contributed by atoms with Crippen molar-refractivity contribution in [1.82, 2.24) is 9.97 Å². The van der Waals surface area contributed by atoms with Crippen LogP contribution in [0.1, 0.15) is 60.1 Å². The SMILES string of the molecule is Cc1cc(N2CCCc3ccc(C(C)(C)c4ccc5c(c4)N(c4cc(C)c(-c6ccccc6)cn4)CCC5)cc32)ncc1-c1ccccc1. The van der Waals surface area contributed by atoms with Crippen LogP contribution in [0.4, 0.5) is 23.0 Å². The van der Waals surface area contributed by atoms with Crippen molar-refractivity contribution in [2.24, 2.45) is 0 Å². The summed E-state index contributed by atoms with van der Waals surface area (Å²) in [6, 6.07) is 39.9. The lowest BCUT2D eigenvalue weighted by atomic mass is 9.76. The van der Waals surface area contributed by atoms with E-state index in [2.05, 4.69) is 147 Å². The summed E-state index contributed by atoms with van der Waals surface area (Å²) in [6.45, 7) is 11.1. The third-order valence-electron chi connectivity index (χ3n) is 10.8. The maximum atomic E-state index is 5.02. The highest BCUT2D eigenvalue weighted by Gasteiger charge is 2.29. The molecule has 6 aromatic rings. The number of fused-ring (bicyclic) bond motifs is 2. The lowest BCUT2D eigenvalue weighted by molar-refractivity contribution is 0.636. The molecule has 2 aliphatic heterocycles. The van der Waals surface area contributed by atoms with Gasteiger partial charge in [-0.25, -0.2) is 9.97 Å². The van der Waals surface area contributed by atoms with Gasteiger partial charge in [-0.2, -0.15) is 0 Å². The predicted molar refractivity (Wildman–Crippen MR) is 204 cm³/mol. The van der Waals surface area contributed by atoms with Gasteiger partial charge in [0.25, 0.3) is 0 Å². The van der Waals surface area contributed by atoms with E-state index in [1.54, 1.807) is 0 Å². The van der Waals surface area contributed by atoms with Crippen LogP contribution in [0.2, 0.25) is 0 Å². The van der Waals surface area contributed by atoms with Gasteiger partial charge in [-0.15, -0.1) is 0 Å². The average molecular weight is 641 g/mol. The molecule has 0 saturated heterocycles. The Balaban J connectivity index is 1.12. The quantitative estimate of drug-likeness (QED) is 0.181. The molecule has 244 valence electrons. The highest BCUT2D eigenvalue weighted by Crippen LogP contribution is 2.42. The monoisotopic (exact) mass is 640 g/mol. The van der Waals surface area contributed by atoms with Crippen molar-refractivity contribution in [3.8, 4) is 22.3 Å². The molecule has 4 heteroatoms. The molecule has 49 heavy (non-hydrogen) atoms. The molecule has 8 rings (SSSR count). The van der Waals surface area contributed by atoms with E-state index in [1.165, 1.54) is 67.0 Å². The van der Waals surface area contributed by atoms with E-state index in [0.717, 1.165) is 50.4 Å². The van der Waals surface area contributed by atoms with E-state index in [1.807, 2.05) is 12.4 Å². The standard InChI is InChI=1S/C45H44N4/c1-31-25-43(46-29-39(31)33-13-7-5-8-14-33)48-23-11-17-35-19-21-37(27-41(35)48)45(3,4)38-22-20-36-18-12-24-49(42(36)28-38)44-26-32(2)40(30-47-44)34-15-9-6-10-16-34/h5-10,13-16,19-22,25-30H,11-12,17-18,23-24H2,1-4H3.